The lowest BCUT2D eigenvalue weighted by Crippen LogP contribution is -2.40. The van der Waals surface area contributed by atoms with Crippen LogP contribution in [0, 0.1) is 0 Å². The molecule has 1 heterocycles. The molecule has 2 aromatic rings. The topological polar surface area (TPSA) is 80.9 Å². The molecule has 0 radical (unpaired) electrons. The summed E-state index contributed by atoms with van der Waals surface area (Å²) in [6.45, 7) is 0. The number of nitrogens with one attached hydrogen (secondary N) is 1. The number of halogens is 2. The Balaban J connectivity index is 0.00000121. The molecule has 0 spiro atoms. The van der Waals surface area contributed by atoms with E-state index in [0.29, 0.717) is 5.69 Å². The third-order valence-electron chi connectivity index (χ3n) is 3.79. The number of amides is 1. The van der Waals surface area contributed by atoms with Gasteiger partial charge in [-0.05, 0) is 37.8 Å². The molecule has 3 rings (SSSR count). The fraction of sp³-hybridized carbons (Fsp3) is 0.400. The summed E-state index contributed by atoms with van der Waals surface area (Å²) >= 11 is 0. The molecule has 0 atom stereocenters. The van der Waals surface area contributed by atoms with E-state index in [2.05, 4.69) is 15.3 Å². The van der Waals surface area contributed by atoms with Gasteiger partial charge in [-0.25, -0.2) is 4.98 Å². The predicted octanol–water partition coefficient (Wildman–Crippen LogP) is 2.47. The van der Waals surface area contributed by atoms with Crippen LogP contribution in [0.1, 0.15) is 36.2 Å². The van der Waals surface area contributed by atoms with Crippen molar-refractivity contribution in [2.24, 2.45) is 5.73 Å². The highest BCUT2D eigenvalue weighted by atomic mass is 35.5. The van der Waals surface area contributed by atoms with E-state index in [4.69, 9.17) is 5.73 Å². The molecule has 1 amide bonds. The Morgan fingerprint density at radius 2 is 1.73 bits per heavy atom. The summed E-state index contributed by atoms with van der Waals surface area (Å²) in [5.41, 5.74) is 7.78. The van der Waals surface area contributed by atoms with E-state index in [1.165, 1.54) is 6.20 Å². The molecule has 1 aliphatic rings. The molecular weight excluding hydrogens is 323 g/mol. The van der Waals surface area contributed by atoms with E-state index < -0.39 is 0 Å². The van der Waals surface area contributed by atoms with Gasteiger partial charge in [-0.15, -0.1) is 24.8 Å². The van der Waals surface area contributed by atoms with Crippen LogP contribution in [0.5, 0.6) is 0 Å². The van der Waals surface area contributed by atoms with Crippen molar-refractivity contribution in [1.29, 1.82) is 0 Å². The van der Waals surface area contributed by atoms with Gasteiger partial charge in [0.1, 0.15) is 5.69 Å². The van der Waals surface area contributed by atoms with Crippen molar-refractivity contribution < 1.29 is 4.79 Å². The number of rotatable bonds is 2. The Morgan fingerprint density at radius 1 is 1.09 bits per heavy atom. The van der Waals surface area contributed by atoms with Gasteiger partial charge in [0.05, 0.1) is 17.2 Å². The molecule has 5 nitrogen and oxygen atoms in total. The number of hydrogen-bond acceptors (Lipinski definition) is 4. The van der Waals surface area contributed by atoms with E-state index in [0.717, 1.165) is 36.7 Å². The largest absolute Gasteiger partial charge is 0.348 e. The zero-order valence-corrected chi connectivity index (χ0v) is 13.7. The first kappa shape index (κ1) is 18.6. The average molecular weight is 343 g/mol. The molecule has 3 N–H and O–H groups in total. The van der Waals surface area contributed by atoms with Crippen molar-refractivity contribution in [3.63, 3.8) is 0 Å². The zero-order chi connectivity index (χ0) is 13.9. The van der Waals surface area contributed by atoms with Gasteiger partial charge in [-0.1, -0.05) is 12.1 Å². The lowest BCUT2D eigenvalue weighted by atomic mass is 9.92. The van der Waals surface area contributed by atoms with Crippen LogP contribution in [0.25, 0.3) is 11.0 Å². The Bertz CT molecular complexity index is 630. The summed E-state index contributed by atoms with van der Waals surface area (Å²) in [4.78, 5) is 20.8. The van der Waals surface area contributed by atoms with Gasteiger partial charge in [0.15, 0.2) is 0 Å². The fourth-order valence-electron chi connectivity index (χ4n) is 2.59. The van der Waals surface area contributed by atoms with Crippen LogP contribution < -0.4 is 11.1 Å². The third kappa shape index (κ3) is 4.29. The maximum Gasteiger partial charge on any atom is 0.271 e. The minimum atomic E-state index is -0.149. The van der Waals surface area contributed by atoms with Gasteiger partial charge in [-0.3, -0.25) is 9.78 Å². The Morgan fingerprint density at radius 3 is 2.41 bits per heavy atom. The summed E-state index contributed by atoms with van der Waals surface area (Å²) in [7, 11) is 0. The molecule has 1 fully saturated rings. The maximum absolute atomic E-state index is 12.2. The van der Waals surface area contributed by atoms with Crippen molar-refractivity contribution in [2.75, 3.05) is 0 Å². The minimum absolute atomic E-state index is 0. The van der Waals surface area contributed by atoms with Gasteiger partial charge >= 0.3 is 0 Å². The number of nitrogens with two attached hydrogens (primary N) is 1. The highest BCUT2D eigenvalue weighted by Crippen LogP contribution is 2.17. The van der Waals surface area contributed by atoms with Crippen LogP contribution in [0.3, 0.4) is 0 Å². The number of nitrogens with zero attached hydrogens (tertiary/aromatic N) is 2. The molecule has 22 heavy (non-hydrogen) atoms. The highest BCUT2D eigenvalue weighted by molar-refractivity contribution is 5.93. The van der Waals surface area contributed by atoms with Crippen molar-refractivity contribution in [1.82, 2.24) is 15.3 Å². The summed E-state index contributed by atoms with van der Waals surface area (Å²) in [6.07, 6.45) is 5.34. The van der Waals surface area contributed by atoms with Crippen LogP contribution in [-0.2, 0) is 0 Å². The van der Waals surface area contributed by atoms with E-state index in [1.54, 1.807) is 0 Å². The minimum Gasteiger partial charge on any atom is -0.348 e. The van der Waals surface area contributed by atoms with Crippen molar-refractivity contribution in [3.8, 4) is 0 Å². The smallest absolute Gasteiger partial charge is 0.271 e. The summed E-state index contributed by atoms with van der Waals surface area (Å²) in [5, 5.41) is 3.02. The van der Waals surface area contributed by atoms with Crippen LogP contribution in [0.2, 0.25) is 0 Å². The molecule has 1 aromatic carbocycles. The molecule has 0 saturated heterocycles. The Kier molecular flexibility index (Phi) is 7.00. The number of aromatic nitrogens is 2. The lowest BCUT2D eigenvalue weighted by Gasteiger charge is -2.26. The summed E-state index contributed by atoms with van der Waals surface area (Å²) in [5.74, 6) is -0.149. The first-order chi connectivity index (χ1) is 9.72. The number of carbonyl (C=O) groups excluding carboxylic acids is 1. The molecule has 0 unspecified atom stereocenters. The van der Waals surface area contributed by atoms with Crippen molar-refractivity contribution in [2.45, 2.75) is 37.8 Å². The van der Waals surface area contributed by atoms with Gasteiger partial charge in [0.2, 0.25) is 0 Å². The standard InChI is InChI=1S/C15H18N4O.2ClH/c16-10-5-7-11(8-6-10)18-15(20)14-9-17-12-3-1-2-4-13(12)19-14;;/h1-4,9-11H,5-8,16H2,(H,18,20);2*1H. The summed E-state index contributed by atoms with van der Waals surface area (Å²) in [6, 6.07) is 8.02. The highest BCUT2D eigenvalue weighted by Gasteiger charge is 2.21. The second kappa shape index (κ2) is 8.27. The molecule has 1 aromatic heterocycles. The normalized spacial score (nSPS) is 20.6. The van der Waals surface area contributed by atoms with E-state index in [9.17, 15) is 4.79 Å². The molecule has 0 bridgehead atoms. The predicted molar refractivity (Wildman–Crippen MR) is 91.7 cm³/mol. The molecule has 1 aliphatic carbocycles. The molecule has 0 aliphatic heterocycles. The van der Waals surface area contributed by atoms with Crippen LogP contribution >= 0.6 is 24.8 Å². The number of carbonyl (C=O) groups is 1. The van der Waals surface area contributed by atoms with E-state index in [-0.39, 0.29) is 42.8 Å². The SMILES string of the molecule is Cl.Cl.NC1CCC(NC(=O)c2cnc3ccccc3n2)CC1. The quantitative estimate of drug-likeness (QED) is 0.878. The number of benzene rings is 1. The fourth-order valence-corrected chi connectivity index (χ4v) is 2.59. The van der Waals surface area contributed by atoms with Crippen molar-refractivity contribution in [3.05, 3.63) is 36.2 Å². The number of hydrogen-bond donors (Lipinski definition) is 2. The molecule has 7 heteroatoms. The lowest BCUT2D eigenvalue weighted by molar-refractivity contribution is 0.0921. The Labute approximate surface area is 141 Å². The van der Waals surface area contributed by atoms with Gasteiger partial charge in [0.25, 0.3) is 5.91 Å². The van der Waals surface area contributed by atoms with E-state index >= 15 is 0 Å². The molecular formula is C15H20Cl2N4O. The Hall–Kier alpha value is -1.43. The summed E-state index contributed by atoms with van der Waals surface area (Å²) < 4.78 is 0. The van der Waals surface area contributed by atoms with Crippen LogP contribution in [-0.4, -0.2) is 28.0 Å². The first-order valence-corrected chi connectivity index (χ1v) is 7.00. The zero-order valence-electron chi connectivity index (χ0n) is 12.1. The molecule has 1 saturated carbocycles. The second-order valence-electron chi connectivity index (χ2n) is 5.33. The monoisotopic (exact) mass is 342 g/mol. The van der Waals surface area contributed by atoms with Gasteiger partial charge < -0.3 is 11.1 Å². The van der Waals surface area contributed by atoms with Crippen molar-refractivity contribution >= 4 is 41.8 Å². The van der Waals surface area contributed by atoms with E-state index in [1.807, 2.05) is 24.3 Å². The average Bonchev–Trinajstić information content (AvgIpc) is 2.49. The first-order valence-electron chi connectivity index (χ1n) is 7.00. The number of fused-ring (bicyclic) bond motifs is 1. The molecule has 120 valence electrons. The van der Waals surface area contributed by atoms with Crippen LogP contribution in [0.4, 0.5) is 0 Å². The third-order valence-corrected chi connectivity index (χ3v) is 3.79. The number of para-hydroxylation sites is 2. The second-order valence-corrected chi connectivity index (χ2v) is 5.33. The van der Waals surface area contributed by atoms with Crippen LogP contribution in [0.15, 0.2) is 30.5 Å². The van der Waals surface area contributed by atoms with Gasteiger partial charge in [0, 0.05) is 12.1 Å². The maximum atomic E-state index is 12.2. The van der Waals surface area contributed by atoms with Gasteiger partial charge in [-0.2, -0.15) is 0 Å².